The van der Waals surface area contributed by atoms with E-state index < -0.39 is 11.5 Å². The molecule has 0 radical (unpaired) electrons. The molecular weight excluding hydrogens is 314 g/mol. The standard InChI is InChI=1S/C21H21NO3/c23-17(12-15-6-2-1-3-7-15)14-22-19(24)13-21(20(22)25)11-10-16-8-4-5-9-18(16)21/h1-9,17,23H,10-14H2. The molecule has 2 unspecified atom stereocenters. The number of aryl methyl sites for hydroxylation is 1. The van der Waals surface area contributed by atoms with Crippen LogP contribution in [0.15, 0.2) is 54.6 Å². The SMILES string of the molecule is O=C1CC2(CCc3ccccc32)C(=O)N1CC(O)Cc1ccccc1. The van der Waals surface area contributed by atoms with Crippen LogP contribution in [-0.2, 0) is 27.8 Å². The third-order valence-electron chi connectivity index (χ3n) is 5.47. The highest BCUT2D eigenvalue weighted by Crippen LogP contribution is 2.46. The van der Waals surface area contributed by atoms with Crippen LogP contribution in [0.4, 0.5) is 0 Å². The summed E-state index contributed by atoms with van der Waals surface area (Å²) >= 11 is 0. The second kappa shape index (κ2) is 6.12. The monoisotopic (exact) mass is 335 g/mol. The summed E-state index contributed by atoms with van der Waals surface area (Å²) in [6, 6.07) is 17.5. The van der Waals surface area contributed by atoms with E-state index in [9.17, 15) is 14.7 Å². The number of imide groups is 1. The van der Waals surface area contributed by atoms with Gasteiger partial charge in [-0.25, -0.2) is 0 Å². The highest BCUT2D eigenvalue weighted by Gasteiger charge is 2.55. The summed E-state index contributed by atoms with van der Waals surface area (Å²) in [6.45, 7) is 0.0660. The van der Waals surface area contributed by atoms with Gasteiger partial charge in [0.1, 0.15) is 0 Å². The summed E-state index contributed by atoms with van der Waals surface area (Å²) in [5.74, 6) is -0.316. The zero-order valence-electron chi connectivity index (χ0n) is 14.0. The number of likely N-dealkylation sites (tertiary alicyclic amines) is 1. The lowest BCUT2D eigenvalue weighted by Crippen LogP contribution is -2.41. The minimum Gasteiger partial charge on any atom is -0.391 e. The fourth-order valence-corrected chi connectivity index (χ4v) is 4.24. The number of rotatable bonds is 4. The van der Waals surface area contributed by atoms with E-state index in [4.69, 9.17) is 0 Å². The lowest BCUT2D eigenvalue weighted by Gasteiger charge is -2.24. The summed E-state index contributed by atoms with van der Waals surface area (Å²) in [4.78, 5) is 26.9. The Balaban J connectivity index is 1.53. The molecule has 2 atom stereocenters. The normalized spacial score (nSPS) is 23.3. The molecule has 128 valence electrons. The second-order valence-corrected chi connectivity index (χ2v) is 7.07. The van der Waals surface area contributed by atoms with Crippen molar-refractivity contribution in [2.75, 3.05) is 6.54 Å². The molecule has 4 nitrogen and oxygen atoms in total. The van der Waals surface area contributed by atoms with Gasteiger partial charge in [-0.3, -0.25) is 14.5 Å². The topological polar surface area (TPSA) is 57.6 Å². The first-order chi connectivity index (χ1) is 12.1. The Morgan fingerprint density at radius 1 is 1.04 bits per heavy atom. The molecule has 1 aliphatic carbocycles. The Morgan fingerprint density at radius 2 is 1.76 bits per heavy atom. The van der Waals surface area contributed by atoms with E-state index in [1.165, 1.54) is 4.90 Å². The number of amides is 2. The first kappa shape index (κ1) is 16.0. The van der Waals surface area contributed by atoms with Crippen molar-refractivity contribution in [2.24, 2.45) is 0 Å². The van der Waals surface area contributed by atoms with Gasteiger partial charge < -0.3 is 5.11 Å². The molecule has 4 heteroatoms. The number of benzene rings is 2. The summed E-state index contributed by atoms with van der Waals surface area (Å²) in [5, 5.41) is 10.4. The maximum Gasteiger partial charge on any atom is 0.240 e. The van der Waals surface area contributed by atoms with Gasteiger partial charge in [-0.2, -0.15) is 0 Å². The molecule has 1 N–H and O–H groups in total. The summed E-state index contributed by atoms with van der Waals surface area (Å²) < 4.78 is 0. The molecule has 2 aromatic rings. The largest absolute Gasteiger partial charge is 0.391 e. The van der Waals surface area contributed by atoms with Crippen molar-refractivity contribution < 1.29 is 14.7 Å². The van der Waals surface area contributed by atoms with Crippen LogP contribution in [-0.4, -0.2) is 34.5 Å². The van der Waals surface area contributed by atoms with Gasteiger partial charge >= 0.3 is 0 Å². The number of hydrogen-bond acceptors (Lipinski definition) is 3. The van der Waals surface area contributed by atoms with Crippen molar-refractivity contribution >= 4 is 11.8 Å². The van der Waals surface area contributed by atoms with Crippen LogP contribution < -0.4 is 0 Å². The Hall–Kier alpha value is -2.46. The van der Waals surface area contributed by atoms with Crippen molar-refractivity contribution in [1.29, 1.82) is 0 Å². The number of carbonyl (C=O) groups is 2. The fraction of sp³-hybridized carbons (Fsp3) is 0.333. The van der Waals surface area contributed by atoms with Gasteiger partial charge in [-0.1, -0.05) is 54.6 Å². The Morgan fingerprint density at radius 3 is 2.56 bits per heavy atom. The van der Waals surface area contributed by atoms with E-state index in [0.29, 0.717) is 12.8 Å². The van der Waals surface area contributed by atoms with E-state index in [-0.39, 0.29) is 24.8 Å². The van der Waals surface area contributed by atoms with Crippen LogP contribution in [0.25, 0.3) is 0 Å². The van der Waals surface area contributed by atoms with Gasteiger partial charge in [0.2, 0.25) is 11.8 Å². The van der Waals surface area contributed by atoms with Gasteiger partial charge in [0.15, 0.2) is 0 Å². The first-order valence-corrected chi connectivity index (χ1v) is 8.75. The molecule has 25 heavy (non-hydrogen) atoms. The van der Waals surface area contributed by atoms with E-state index >= 15 is 0 Å². The van der Waals surface area contributed by atoms with Crippen LogP contribution in [0, 0.1) is 0 Å². The Kier molecular flexibility index (Phi) is 3.92. The molecule has 2 amide bonds. The molecule has 1 heterocycles. The van der Waals surface area contributed by atoms with Crippen LogP contribution in [0.3, 0.4) is 0 Å². The third kappa shape index (κ3) is 2.67. The van der Waals surface area contributed by atoms with E-state index in [0.717, 1.165) is 23.1 Å². The third-order valence-corrected chi connectivity index (χ3v) is 5.47. The molecule has 2 aromatic carbocycles. The van der Waals surface area contributed by atoms with Gasteiger partial charge in [0.05, 0.1) is 18.1 Å². The Bertz CT molecular complexity index is 817. The number of carbonyl (C=O) groups excluding carboxylic acids is 2. The fourth-order valence-electron chi connectivity index (χ4n) is 4.24. The maximum absolute atomic E-state index is 13.1. The van der Waals surface area contributed by atoms with E-state index in [1.807, 2.05) is 54.6 Å². The molecule has 1 saturated heterocycles. The van der Waals surface area contributed by atoms with Gasteiger partial charge in [-0.05, 0) is 29.5 Å². The van der Waals surface area contributed by atoms with Crippen molar-refractivity contribution in [3.05, 3.63) is 71.3 Å². The molecule has 2 aliphatic rings. The zero-order chi connectivity index (χ0) is 17.4. The number of nitrogens with zero attached hydrogens (tertiary/aromatic N) is 1. The molecular formula is C21H21NO3. The van der Waals surface area contributed by atoms with E-state index in [2.05, 4.69) is 0 Å². The number of fused-ring (bicyclic) bond motifs is 2. The van der Waals surface area contributed by atoms with Crippen molar-refractivity contribution in [3.8, 4) is 0 Å². The lowest BCUT2D eigenvalue weighted by molar-refractivity contribution is -0.141. The number of aliphatic hydroxyl groups excluding tert-OH is 1. The predicted octanol–water partition coefficient (Wildman–Crippen LogP) is 2.23. The molecule has 1 spiro atoms. The predicted molar refractivity (Wildman–Crippen MR) is 93.9 cm³/mol. The molecule has 1 fully saturated rings. The van der Waals surface area contributed by atoms with Crippen LogP contribution in [0.5, 0.6) is 0 Å². The van der Waals surface area contributed by atoms with Gasteiger partial charge in [0, 0.05) is 12.8 Å². The maximum atomic E-state index is 13.1. The highest BCUT2D eigenvalue weighted by atomic mass is 16.3. The number of β-amino-alcohol motifs (C(OH)–C–C–N with tert-alkyl or cyclic N) is 1. The van der Waals surface area contributed by atoms with E-state index in [1.54, 1.807) is 0 Å². The summed E-state index contributed by atoms with van der Waals surface area (Å²) in [6.07, 6.45) is 1.42. The average Bonchev–Trinajstić information content (AvgIpc) is 3.10. The highest BCUT2D eigenvalue weighted by molar-refractivity contribution is 6.09. The zero-order valence-corrected chi connectivity index (χ0v) is 14.0. The van der Waals surface area contributed by atoms with Crippen LogP contribution >= 0.6 is 0 Å². The average molecular weight is 335 g/mol. The quantitative estimate of drug-likeness (QED) is 0.872. The minimum atomic E-state index is -0.748. The number of aliphatic hydroxyl groups is 1. The first-order valence-electron chi connectivity index (χ1n) is 8.75. The van der Waals surface area contributed by atoms with Crippen molar-refractivity contribution in [1.82, 2.24) is 4.90 Å². The second-order valence-electron chi connectivity index (χ2n) is 7.07. The summed E-state index contributed by atoms with van der Waals surface area (Å²) in [7, 11) is 0. The lowest BCUT2D eigenvalue weighted by atomic mass is 9.80. The van der Waals surface area contributed by atoms with Crippen LogP contribution in [0.1, 0.15) is 29.5 Å². The Labute approximate surface area is 147 Å². The molecule has 0 saturated carbocycles. The number of hydrogen-bond donors (Lipinski definition) is 1. The van der Waals surface area contributed by atoms with Gasteiger partial charge in [0.25, 0.3) is 0 Å². The molecule has 4 rings (SSSR count). The van der Waals surface area contributed by atoms with Crippen molar-refractivity contribution in [3.63, 3.8) is 0 Å². The summed E-state index contributed by atoms with van der Waals surface area (Å²) in [5.41, 5.74) is 2.44. The van der Waals surface area contributed by atoms with Crippen molar-refractivity contribution in [2.45, 2.75) is 37.2 Å². The molecule has 0 bridgehead atoms. The molecule has 1 aliphatic heterocycles. The molecule has 0 aromatic heterocycles. The minimum absolute atomic E-state index is 0.0660. The smallest absolute Gasteiger partial charge is 0.240 e. The van der Waals surface area contributed by atoms with Crippen LogP contribution in [0.2, 0.25) is 0 Å². The van der Waals surface area contributed by atoms with Gasteiger partial charge in [-0.15, -0.1) is 0 Å².